The Labute approximate surface area is 137 Å². The molecule has 5 heteroatoms. The van der Waals surface area contributed by atoms with Crippen molar-refractivity contribution in [2.75, 3.05) is 26.2 Å². The lowest BCUT2D eigenvalue weighted by atomic mass is 9.77. The van der Waals surface area contributed by atoms with Crippen molar-refractivity contribution in [2.45, 2.75) is 32.6 Å². The zero-order valence-electron chi connectivity index (χ0n) is 13.8. The molecule has 1 aromatic carbocycles. The number of amides is 2. The van der Waals surface area contributed by atoms with Crippen molar-refractivity contribution >= 4 is 11.8 Å². The summed E-state index contributed by atoms with van der Waals surface area (Å²) in [6, 6.07) is 9.48. The second-order valence-corrected chi connectivity index (χ2v) is 6.33. The highest BCUT2D eigenvalue weighted by Gasteiger charge is 2.33. The van der Waals surface area contributed by atoms with Gasteiger partial charge in [-0.1, -0.05) is 37.3 Å². The van der Waals surface area contributed by atoms with Crippen LogP contribution in [0.3, 0.4) is 0 Å². The number of hydrogen-bond donors (Lipinski definition) is 2. The van der Waals surface area contributed by atoms with Crippen LogP contribution in [0.5, 0.6) is 0 Å². The standard InChI is InChI=1S/C18H26N2O3/c1-2-18(14-21)8-10-20(11-9-18)17(23)13-19-16(22)12-15-6-4-3-5-7-15/h3-7,21H,2,8-14H2,1H3,(H,19,22). The average molecular weight is 318 g/mol. The fourth-order valence-electron chi connectivity index (χ4n) is 2.98. The minimum atomic E-state index is -0.139. The van der Waals surface area contributed by atoms with Crippen LogP contribution in [0.25, 0.3) is 0 Å². The summed E-state index contributed by atoms with van der Waals surface area (Å²) in [5.41, 5.74) is 0.902. The monoisotopic (exact) mass is 318 g/mol. The van der Waals surface area contributed by atoms with Gasteiger partial charge in [0.15, 0.2) is 0 Å². The molecular weight excluding hydrogens is 292 g/mol. The largest absolute Gasteiger partial charge is 0.396 e. The summed E-state index contributed by atoms with van der Waals surface area (Å²) in [7, 11) is 0. The van der Waals surface area contributed by atoms with Gasteiger partial charge in [-0.3, -0.25) is 9.59 Å². The molecule has 1 aliphatic heterocycles. The summed E-state index contributed by atoms with van der Waals surface area (Å²) in [4.78, 5) is 25.9. The van der Waals surface area contributed by atoms with Crippen LogP contribution in [0.2, 0.25) is 0 Å². The molecule has 0 unspecified atom stereocenters. The first kappa shape index (κ1) is 17.5. The van der Waals surface area contributed by atoms with E-state index >= 15 is 0 Å². The number of carbonyl (C=O) groups excluding carboxylic acids is 2. The number of nitrogens with zero attached hydrogens (tertiary/aromatic N) is 1. The van der Waals surface area contributed by atoms with Crippen LogP contribution < -0.4 is 5.32 Å². The molecule has 2 rings (SSSR count). The zero-order valence-corrected chi connectivity index (χ0v) is 13.8. The fraction of sp³-hybridized carbons (Fsp3) is 0.556. The third-order valence-corrected chi connectivity index (χ3v) is 4.91. The number of rotatable bonds is 6. The van der Waals surface area contributed by atoms with Gasteiger partial charge in [0, 0.05) is 19.7 Å². The average Bonchev–Trinajstić information content (AvgIpc) is 2.60. The molecule has 1 saturated heterocycles. The van der Waals surface area contributed by atoms with Crippen LogP contribution >= 0.6 is 0 Å². The number of aliphatic hydroxyl groups is 1. The van der Waals surface area contributed by atoms with E-state index in [9.17, 15) is 14.7 Å². The van der Waals surface area contributed by atoms with Gasteiger partial charge in [0.2, 0.25) is 11.8 Å². The quantitative estimate of drug-likeness (QED) is 0.832. The van der Waals surface area contributed by atoms with E-state index in [0.29, 0.717) is 13.1 Å². The SMILES string of the molecule is CCC1(CO)CCN(C(=O)CNC(=O)Cc2ccccc2)CC1. The van der Waals surface area contributed by atoms with Crippen molar-refractivity contribution in [1.82, 2.24) is 10.2 Å². The lowest BCUT2D eigenvalue weighted by Crippen LogP contribution is -2.47. The molecule has 1 heterocycles. The minimum absolute atomic E-state index is 0.0344. The van der Waals surface area contributed by atoms with Gasteiger partial charge in [-0.25, -0.2) is 0 Å². The molecule has 0 spiro atoms. The number of likely N-dealkylation sites (tertiary alicyclic amines) is 1. The first-order valence-corrected chi connectivity index (χ1v) is 8.28. The Kier molecular flexibility index (Phi) is 6.16. The molecular formula is C18H26N2O3. The molecule has 0 radical (unpaired) electrons. The van der Waals surface area contributed by atoms with Gasteiger partial charge < -0.3 is 15.3 Å². The van der Waals surface area contributed by atoms with Crippen LogP contribution in [0.4, 0.5) is 0 Å². The molecule has 2 amide bonds. The molecule has 2 N–H and O–H groups in total. The predicted octanol–water partition coefficient (Wildman–Crippen LogP) is 1.36. The summed E-state index contributed by atoms with van der Waals surface area (Å²) < 4.78 is 0. The van der Waals surface area contributed by atoms with E-state index in [1.54, 1.807) is 4.90 Å². The topological polar surface area (TPSA) is 69.6 Å². The van der Waals surface area contributed by atoms with E-state index in [1.165, 1.54) is 0 Å². The molecule has 0 saturated carbocycles. The van der Waals surface area contributed by atoms with Crippen LogP contribution in [0, 0.1) is 5.41 Å². The normalized spacial score (nSPS) is 16.9. The summed E-state index contributed by atoms with van der Waals surface area (Å²) in [6.07, 6.45) is 2.87. The third kappa shape index (κ3) is 4.79. The van der Waals surface area contributed by atoms with Gasteiger partial charge in [-0.05, 0) is 30.2 Å². The van der Waals surface area contributed by atoms with E-state index < -0.39 is 0 Å². The summed E-state index contributed by atoms with van der Waals surface area (Å²) in [6.45, 7) is 3.62. The van der Waals surface area contributed by atoms with Gasteiger partial charge >= 0.3 is 0 Å². The molecule has 0 aromatic heterocycles. The summed E-state index contributed by atoms with van der Waals surface area (Å²) >= 11 is 0. The third-order valence-electron chi connectivity index (χ3n) is 4.91. The Morgan fingerprint density at radius 2 is 1.87 bits per heavy atom. The highest BCUT2D eigenvalue weighted by molar-refractivity contribution is 5.85. The van der Waals surface area contributed by atoms with Gasteiger partial charge in [0.25, 0.3) is 0 Å². The van der Waals surface area contributed by atoms with Crippen LogP contribution in [0.1, 0.15) is 31.7 Å². The van der Waals surface area contributed by atoms with Crippen LogP contribution in [0.15, 0.2) is 30.3 Å². The lowest BCUT2D eigenvalue weighted by molar-refractivity contribution is -0.135. The van der Waals surface area contributed by atoms with Crippen molar-refractivity contribution in [3.63, 3.8) is 0 Å². The number of carbonyl (C=O) groups is 2. The van der Waals surface area contributed by atoms with Gasteiger partial charge in [-0.15, -0.1) is 0 Å². The zero-order chi connectivity index (χ0) is 16.7. The molecule has 126 valence electrons. The van der Waals surface area contributed by atoms with Gasteiger partial charge in [0.05, 0.1) is 13.0 Å². The first-order chi connectivity index (χ1) is 11.1. The molecule has 1 aliphatic rings. The van der Waals surface area contributed by atoms with Gasteiger partial charge in [0.1, 0.15) is 0 Å². The molecule has 23 heavy (non-hydrogen) atoms. The Morgan fingerprint density at radius 3 is 2.43 bits per heavy atom. The first-order valence-electron chi connectivity index (χ1n) is 8.28. The number of hydrogen-bond acceptors (Lipinski definition) is 3. The second kappa shape index (κ2) is 8.11. The van der Waals surface area contributed by atoms with Crippen LogP contribution in [-0.4, -0.2) is 48.1 Å². The molecule has 5 nitrogen and oxygen atoms in total. The van der Waals surface area contributed by atoms with Crippen molar-refractivity contribution in [2.24, 2.45) is 5.41 Å². The Morgan fingerprint density at radius 1 is 1.22 bits per heavy atom. The maximum absolute atomic E-state index is 12.2. The summed E-state index contributed by atoms with van der Waals surface area (Å²) in [5, 5.41) is 12.2. The Balaban J connectivity index is 1.74. The fourth-order valence-corrected chi connectivity index (χ4v) is 2.98. The van der Waals surface area contributed by atoms with E-state index in [0.717, 1.165) is 24.8 Å². The Hall–Kier alpha value is -1.88. The van der Waals surface area contributed by atoms with Crippen molar-refractivity contribution in [1.29, 1.82) is 0 Å². The molecule has 0 aliphatic carbocycles. The van der Waals surface area contributed by atoms with E-state index in [2.05, 4.69) is 12.2 Å². The molecule has 1 fully saturated rings. The number of aliphatic hydroxyl groups excluding tert-OH is 1. The Bertz CT molecular complexity index is 516. The number of nitrogens with one attached hydrogen (secondary N) is 1. The molecule has 1 aromatic rings. The van der Waals surface area contributed by atoms with Gasteiger partial charge in [-0.2, -0.15) is 0 Å². The second-order valence-electron chi connectivity index (χ2n) is 6.33. The van der Waals surface area contributed by atoms with Crippen molar-refractivity contribution in [3.8, 4) is 0 Å². The molecule has 0 bridgehead atoms. The maximum Gasteiger partial charge on any atom is 0.241 e. The summed E-state index contributed by atoms with van der Waals surface area (Å²) in [5.74, 6) is -0.186. The highest BCUT2D eigenvalue weighted by atomic mass is 16.3. The van der Waals surface area contributed by atoms with Crippen LogP contribution in [-0.2, 0) is 16.0 Å². The highest BCUT2D eigenvalue weighted by Crippen LogP contribution is 2.34. The molecule has 0 atom stereocenters. The van der Waals surface area contributed by atoms with Crippen molar-refractivity contribution < 1.29 is 14.7 Å². The minimum Gasteiger partial charge on any atom is -0.396 e. The van der Waals surface area contributed by atoms with Crippen molar-refractivity contribution in [3.05, 3.63) is 35.9 Å². The maximum atomic E-state index is 12.2. The predicted molar refractivity (Wildman–Crippen MR) is 88.8 cm³/mol. The lowest BCUT2D eigenvalue weighted by Gasteiger charge is -2.40. The van der Waals surface area contributed by atoms with E-state index in [4.69, 9.17) is 0 Å². The van der Waals surface area contributed by atoms with E-state index in [1.807, 2.05) is 30.3 Å². The number of benzene rings is 1. The number of piperidine rings is 1. The smallest absolute Gasteiger partial charge is 0.241 e. The van der Waals surface area contributed by atoms with E-state index in [-0.39, 0.29) is 36.8 Å².